The molecule has 8 heteroatoms. The molecule has 0 aliphatic carbocycles. The Balaban J connectivity index is 1.97. The number of rotatable bonds is 5. The number of nitrogens with one attached hydrogen (secondary N) is 2. The van der Waals surface area contributed by atoms with Gasteiger partial charge in [0.2, 0.25) is 0 Å². The number of aliphatic hydroxyl groups excluding tert-OH is 1. The maximum atomic E-state index is 13.5. The van der Waals surface area contributed by atoms with Crippen molar-refractivity contribution in [2.45, 2.75) is 6.10 Å². The van der Waals surface area contributed by atoms with Crippen molar-refractivity contribution in [2.75, 3.05) is 19.0 Å². The Bertz CT molecular complexity index is 741. The summed E-state index contributed by atoms with van der Waals surface area (Å²) in [6.07, 6.45) is -1.07. The summed E-state index contributed by atoms with van der Waals surface area (Å²) in [7, 11) is 1.44. The van der Waals surface area contributed by atoms with Crippen molar-refractivity contribution in [1.29, 1.82) is 0 Å². The molecule has 2 amide bonds. The highest BCUT2D eigenvalue weighted by Gasteiger charge is 2.17. The van der Waals surface area contributed by atoms with Crippen LogP contribution in [0.5, 0.6) is 5.75 Å². The van der Waals surface area contributed by atoms with Crippen LogP contribution in [0.2, 0.25) is 0 Å². The summed E-state index contributed by atoms with van der Waals surface area (Å²) in [5.74, 6) is -4.10. The van der Waals surface area contributed by atoms with E-state index in [0.29, 0.717) is 17.4 Å². The molecule has 0 heterocycles. The van der Waals surface area contributed by atoms with E-state index in [2.05, 4.69) is 5.32 Å². The molecule has 0 aliphatic rings. The maximum Gasteiger partial charge on any atom is 0.319 e. The highest BCUT2D eigenvalue weighted by atomic mass is 19.2. The number of carbonyl (C=O) groups excluding carboxylic acids is 1. The van der Waals surface area contributed by atoms with Crippen molar-refractivity contribution in [3.8, 4) is 5.75 Å². The molecule has 24 heavy (non-hydrogen) atoms. The van der Waals surface area contributed by atoms with Crippen molar-refractivity contribution in [1.82, 2.24) is 5.32 Å². The maximum absolute atomic E-state index is 13.5. The van der Waals surface area contributed by atoms with Gasteiger partial charge in [-0.1, -0.05) is 18.2 Å². The largest absolute Gasteiger partial charge is 0.496 e. The fourth-order valence-corrected chi connectivity index (χ4v) is 2.03. The number of ether oxygens (including phenoxy) is 1. The number of benzene rings is 2. The number of amides is 2. The van der Waals surface area contributed by atoms with Crippen LogP contribution >= 0.6 is 0 Å². The smallest absolute Gasteiger partial charge is 0.319 e. The molecule has 0 saturated heterocycles. The Kier molecular flexibility index (Phi) is 5.64. The minimum atomic E-state index is -1.68. The van der Waals surface area contributed by atoms with E-state index in [0.717, 1.165) is 6.07 Å². The molecule has 0 aromatic heterocycles. The number of hydrogen-bond donors (Lipinski definition) is 3. The summed E-state index contributed by atoms with van der Waals surface area (Å²) in [5, 5.41) is 14.4. The average molecular weight is 340 g/mol. The first-order valence-corrected chi connectivity index (χ1v) is 6.93. The molecule has 5 nitrogen and oxygen atoms in total. The first kappa shape index (κ1) is 17.6. The van der Waals surface area contributed by atoms with Crippen molar-refractivity contribution < 1.29 is 27.8 Å². The molecule has 1 atom stereocenters. The van der Waals surface area contributed by atoms with Gasteiger partial charge in [-0.2, -0.15) is 0 Å². The fourth-order valence-electron chi connectivity index (χ4n) is 2.03. The van der Waals surface area contributed by atoms with Gasteiger partial charge in [0.1, 0.15) is 5.75 Å². The van der Waals surface area contributed by atoms with E-state index >= 15 is 0 Å². The van der Waals surface area contributed by atoms with Gasteiger partial charge < -0.3 is 20.5 Å². The fraction of sp³-hybridized carbons (Fsp3) is 0.188. The minimum Gasteiger partial charge on any atom is -0.496 e. The topological polar surface area (TPSA) is 70.6 Å². The molecule has 0 aliphatic heterocycles. The molecule has 128 valence electrons. The number of methoxy groups -OCH3 is 1. The molecular formula is C16H15F3N2O3. The van der Waals surface area contributed by atoms with Crippen LogP contribution in [0.1, 0.15) is 11.7 Å². The number of anilines is 1. The van der Waals surface area contributed by atoms with Crippen LogP contribution in [0.15, 0.2) is 36.4 Å². The van der Waals surface area contributed by atoms with E-state index in [1.54, 1.807) is 24.3 Å². The van der Waals surface area contributed by atoms with E-state index in [1.165, 1.54) is 7.11 Å². The Hall–Kier alpha value is -2.74. The second-order valence-electron chi connectivity index (χ2n) is 4.82. The Morgan fingerprint density at radius 3 is 2.58 bits per heavy atom. The van der Waals surface area contributed by atoms with Gasteiger partial charge in [-0.25, -0.2) is 18.0 Å². The Morgan fingerprint density at radius 1 is 1.17 bits per heavy atom. The first-order valence-electron chi connectivity index (χ1n) is 6.93. The van der Waals surface area contributed by atoms with Crippen LogP contribution < -0.4 is 15.4 Å². The third-order valence-electron chi connectivity index (χ3n) is 3.24. The van der Waals surface area contributed by atoms with E-state index in [4.69, 9.17) is 4.74 Å². The van der Waals surface area contributed by atoms with Crippen LogP contribution in [0.3, 0.4) is 0 Å². The molecule has 2 aromatic rings. The van der Waals surface area contributed by atoms with Crippen molar-refractivity contribution in [3.63, 3.8) is 0 Å². The normalized spacial score (nSPS) is 11.7. The molecule has 1 unspecified atom stereocenters. The predicted octanol–water partition coefficient (Wildman–Crippen LogP) is 2.97. The quantitative estimate of drug-likeness (QED) is 0.733. The molecule has 0 bridgehead atoms. The second-order valence-corrected chi connectivity index (χ2v) is 4.82. The van der Waals surface area contributed by atoms with Crippen LogP contribution in [0.4, 0.5) is 23.7 Å². The van der Waals surface area contributed by atoms with Crippen molar-refractivity contribution in [2.24, 2.45) is 0 Å². The van der Waals surface area contributed by atoms with E-state index in [-0.39, 0.29) is 6.54 Å². The van der Waals surface area contributed by atoms with E-state index in [9.17, 15) is 23.1 Å². The van der Waals surface area contributed by atoms with Crippen LogP contribution in [-0.2, 0) is 0 Å². The molecular weight excluding hydrogens is 325 g/mol. The highest BCUT2D eigenvalue weighted by Crippen LogP contribution is 2.24. The number of urea groups is 1. The zero-order chi connectivity index (χ0) is 17.7. The standard InChI is InChI=1S/C16H15F3N2O3/c1-24-13-5-3-2-4-9(13)12(22)8-20-16(23)21-11-7-6-10(17)14(18)15(11)19/h2-7,12,22H,8H2,1H3,(H2,20,21,23). The van der Waals surface area contributed by atoms with Gasteiger partial charge >= 0.3 is 6.03 Å². The van der Waals surface area contributed by atoms with E-state index in [1.807, 2.05) is 5.32 Å². The minimum absolute atomic E-state index is 0.197. The summed E-state index contributed by atoms with van der Waals surface area (Å²) >= 11 is 0. The number of hydrogen-bond acceptors (Lipinski definition) is 3. The number of halogens is 3. The van der Waals surface area contributed by atoms with E-state index < -0.39 is 35.3 Å². The zero-order valence-corrected chi connectivity index (χ0v) is 12.6. The van der Waals surface area contributed by atoms with Crippen LogP contribution in [0.25, 0.3) is 0 Å². The summed E-state index contributed by atoms with van der Waals surface area (Å²) in [5.41, 5.74) is -0.0579. The van der Waals surface area contributed by atoms with Gasteiger partial charge in [0.05, 0.1) is 18.9 Å². The SMILES string of the molecule is COc1ccccc1C(O)CNC(=O)Nc1ccc(F)c(F)c1F. The summed E-state index contributed by atoms with van der Waals surface area (Å²) in [6.45, 7) is -0.197. The third kappa shape index (κ3) is 3.96. The monoisotopic (exact) mass is 340 g/mol. The van der Waals surface area contributed by atoms with Gasteiger partial charge in [-0.15, -0.1) is 0 Å². The van der Waals surface area contributed by atoms with Crippen LogP contribution in [-0.4, -0.2) is 24.8 Å². The Labute approximate surface area is 136 Å². The zero-order valence-electron chi connectivity index (χ0n) is 12.6. The lowest BCUT2D eigenvalue weighted by molar-refractivity contribution is 0.171. The second kappa shape index (κ2) is 7.69. The molecule has 2 rings (SSSR count). The lowest BCUT2D eigenvalue weighted by Crippen LogP contribution is -2.32. The van der Waals surface area contributed by atoms with Crippen molar-refractivity contribution >= 4 is 11.7 Å². The van der Waals surface area contributed by atoms with Gasteiger partial charge in [-0.3, -0.25) is 0 Å². The van der Waals surface area contributed by atoms with Gasteiger partial charge in [-0.05, 0) is 18.2 Å². The van der Waals surface area contributed by atoms with Gasteiger partial charge in [0, 0.05) is 12.1 Å². The van der Waals surface area contributed by atoms with Crippen molar-refractivity contribution in [3.05, 3.63) is 59.4 Å². The molecule has 0 radical (unpaired) electrons. The lowest BCUT2D eigenvalue weighted by Gasteiger charge is -2.16. The van der Waals surface area contributed by atoms with Gasteiger partial charge in [0.25, 0.3) is 0 Å². The summed E-state index contributed by atoms with van der Waals surface area (Å²) in [4.78, 5) is 11.7. The number of carbonyl (C=O) groups is 1. The van der Waals surface area contributed by atoms with Gasteiger partial charge in [0.15, 0.2) is 17.5 Å². The first-order chi connectivity index (χ1) is 11.4. The predicted molar refractivity (Wildman–Crippen MR) is 81.3 cm³/mol. The average Bonchev–Trinajstić information content (AvgIpc) is 2.60. The molecule has 0 saturated carbocycles. The Morgan fingerprint density at radius 2 is 1.88 bits per heavy atom. The molecule has 2 aromatic carbocycles. The third-order valence-corrected chi connectivity index (χ3v) is 3.24. The molecule has 0 fully saturated rings. The molecule has 3 N–H and O–H groups in total. The summed E-state index contributed by atoms with van der Waals surface area (Å²) < 4.78 is 44.5. The number of aliphatic hydroxyl groups is 1. The molecule has 0 spiro atoms. The number of para-hydroxylation sites is 1. The van der Waals surface area contributed by atoms with Crippen LogP contribution in [0, 0.1) is 17.5 Å². The highest BCUT2D eigenvalue weighted by molar-refractivity contribution is 5.89. The summed E-state index contributed by atoms with van der Waals surface area (Å²) in [6, 6.07) is 7.39. The lowest BCUT2D eigenvalue weighted by atomic mass is 10.1.